The van der Waals surface area contributed by atoms with Gasteiger partial charge >= 0.3 is 11.7 Å². The van der Waals surface area contributed by atoms with Crippen molar-refractivity contribution >= 4 is 5.97 Å². The lowest BCUT2D eigenvalue weighted by Crippen LogP contribution is -2.14. The zero-order chi connectivity index (χ0) is 10.8. The standard InChI is InChI=1S/C9H7N3O3/c13-8(14)6-2-1-3-7(4-6)12-5-10-11-9(12)15/h1-5H,(H,11,15)(H,13,14). The first-order valence-corrected chi connectivity index (χ1v) is 4.14. The predicted molar refractivity (Wildman–Crippen MR) is 51.1 cm³/mol. The van der Waals surface area contributed by atoms with Crippen LogP contribution in [0.2, 0.25) is 0 Å². The van der Waals surface area contributed by atoms with Crippen molar-refractivity contribution in [1.29, 1.82) is 0 Å². The van der Waals surface area contributed by atoms with E-state index in [2.05, 4.69) is 10.2 Å². The number of aromatic amines is 1. The van der Waals surface area contributed by atoms with E-state index < -0.39 is 11.7 Å². The Labute approximate surface area is 83.8 Å². The van der Waals surface area contributed by atoms with Crippen LogP contribution in [0.1, 0.15) is 10.4 Å². The van der Waals surface area contributed by atoms with Crippen LogP contribution >= 0.6 is 0 Å². The topological polar surface area (TPSA) is 88.0 Å². The molecule has 0 bridgehead atoms. The summed E-state index contributed by atoms with van der Waals surface area (Å²) in [4.78, 5) is 21.9. The van der Waals surface area contributed by atoms with E-state index in [1.165, 1.54) is 23.0 Å². The molecule has 0 amide bonds. The lowest BCUT2D eigenvalue weighted by Gasteiger charge is -2.00. The number of hydrogen-bond acceptors (Lipinski definition) is 3. The molecule has 6 heteroatoms. The summed E-state index contributed by atoms with van der Waals surface area (Å²) in [5.41, 5.74) is 0.187. The van der Waals surface area contributed by atoms with Gasteiger partial charge in [-0.3, -0.25) is 0 Å². The summed E-state index contributed by atoms with van der Waals surface area (Å²) in [5.74, 6) is -1.03. The van der Waals surface area contributed by atoms with Crippen molar-refractivity contribution < 1.29 is 9.90 Å². The second-order valence-corrected chi connectivity index (χ2v) is 2.89. The van der Waals surface area contributed by atoms with Crippen LogP contribution in [0, 0.1) is 0 Å². The second kappa shape index (κ2) is 3.41. The molecule has 0 saturated carbocycles. The Morgan fingerprint density at radius 2 is 2.27 bits per heavy atom. The molecule has 0 unspecified atom stereocenters. The first-order valence-electron chi connectivity index (χ1n) is 4.14. The van der Waals surface area contributed by atoms with Gasteiger partial charge in [-0.2, -0.15) is 5.10 Å². The molecule has 2 aromatic rings. The Kier molecular flexibility index (Phi) is 2.09. The van der Waals surface area contributed by atoms with Crippen LogP contribution in [-0.4, -0.2) is 25.8 Å². The fourth-order valence-electron chi connectivity index (χ4n) is 1.22. The molecule has 15 heavy (non-hydrogen) atoms. The lowest BCUT2D eigenvalue weighted by molar-refractivity contribution is 0.0697. The van der Waals surface area contributed by atoms with Crippen LogP contribution in [0.25, 0.3) is 5.69 Å². The smallest absolute Gasteiger partial charge is 0.347 e. The van der Waals surface area contributed by atoms with Gasteiger partial charge in [0.15, 0.2) is 0 Å². The Bertz CT molecular complexity index is 555. The van der Waals surface area contributed by atoms with Gasteiger partial charge in [0, 0.05) is 0 Å². The van der Waals surface area contributed by atoms with Crippen LogP contribution in [0.3, 0.4) is 0 Å². The van der Waals surface area contributed by atoms with Crippen molar-refractivity contribution in [3.05, 3.63) is 46.6 Å². The summed E-state index contributed by atoms with van der Waals surface area (Å²) < 4.78 is 1.23. The maximum absolute atomic E-state index is 11.2. The summed E-state index contributed by atoms with van der Waals surface area (Å²) in [6.07, 6.45) is 1.29. The van der Waals surface area contributed by atoms with E-state index in [0.717, 1.165) is 0 Å². The summed E-state index contributed by atoms with van der Waals surface area (Å²) >= 11 is 0. The molecule has 1 heterocycles. The molecule has 76 valence electrons. The van der Waals surface area contributed by atoms with Gasteiger partial charge in [-0.25, -0.2) is 19.3 Å². The van der Waals surface area contributed by atoms with Crippen molar-refractivity contribution in [1.82, 2.24) is 14.8 Å². The van der Waals surface area contributed by atoms with Crippen molar-refractivity contribution in [2.24, 2.45) is 0 Å². The van der Waals surface area contributed by atoms with Gasteiger partial charge in [-0.1, -0.05) is 6.07 Å². The monoisotopic (exact) mass is 205 g/mol. The number of carboxylic acids is 1. The number of aromatic carboxylic acids is 1. The molecule has 1 aromatic heterocycles. The van der Waals surface area contributed by atoms with E-state index in [-0.39, 0.29) is 5.56 Å². The van der Waals surface area contributed by atoms with E-state index in [1.54, 1.807) is 12.1 Å². The zero-order valence-corrected chi connectivity index (χ0v) is 7.54. The fourth-order valence-corrected chi connectivity index (χ4v) is 1.22. The quantitative estimate of drug-likeness (QED) is 0.736. The van der Waals surface area contributed by atoms with Gasteiger partial charge in [0.05, 0.1) is 11.3 Å². The Morgan fingerprint density at radius 1 is 1.47 bits per heavy atom. The molecule has 0 atom stereocenters. The maximum atomic E-state index is 11.2. The molecule has 0 fully saturated rings. The van der Waals surface area contributed by atoms with E-state index in [9.17, 15) is 9.59 Å². The Morgan fingerprint density at radius 3 is 2.87 bits per heavy atom. The minimum Gasteiger partial charge on any atom is -0.478 e. The minimum absolute atomic E-state index is 0.126. The third kappa shape index (κ3) is 1.64. The summed E-state index contributed by atoms with van der Waals surface area (Å²) in [7, 11) is 0. The Balaban J connectivity index is 2.55. The van der Waals surface area contributed by atoms with Gasteiger partial charge in [0.1, 0.15) is 6.33 Å². The normalized spacial score (nSPS) is 10.1. The third-order valence-electron chi connectivity index (χ3n) is 1.92. The predicted octanol–water partition coefficient (Wildman–Crippen LogP) is 0.259. The highest BCUT2D eigenvalue weighted by Crippen LogP contribution is 2.07. The molecule has 1 aromatic carbocycles. The number of H-pyrrole nitrogens is 1. The largest absolute Gasteiger partial charge is 0.478 e. The van der Waals surface area contributed by atoms with E-state index >= 15 is 0 Å². The number of benzene rings is 1. The highest BCUT2D eigenvalue weighted by atomic mass is 16.4. The van der Waals surface area contributed by atoms with Gasteiger partial charge in [-0.15, -0.1) is 0 Å². The average Bonchev–Trinajstić information content (AvgIpc) is 2.64. The summed E-state index contributed by atoms with van der Waals surface area (Å²) in [6.45, 7) is 0. The van der Waals surface area contributed by atoms with Crippen molar-refractivity contribution in [2.45, 2.75) is 0 Å². The number of carboxylic acid groups (broad SMARTS) is 1. The van der Waals surface area contributed by atoms with Crippen molar-refractivity contribution in [3.63, 3.8) is 0 Å². The van der Waals surface area contributed by atoms with Crippen LogP contribution in [0.4, 0.5) is 0 Å². The summed E-state index contributed by atoms with van der Waals surface area (Å²) in [5, 5.41) is 14.5. The highest BCUT2D eigenvalue weighted by molar-refractivity contribution is 5.88. The molecule has 0 radical (unpaired) electrons. The van der Waals surface area contributed by atoms with Crippen LogP contribution in [0.5, 0.6) is 0 Å². The number of aromatic nitrogens is 3. The molecule has 0 aliphatic carbocycles. The molecule has 0 saturated heterocycles. The molecule has 6 nitrogen and oxygen atoms in total. The zero-order valence-electron chi connectivity index (χ0n) is 7.54. The highest BCUT2D eigenvalue weighted by Gasteiger charge is 2.05. The molecular weight excluding hydrogens is 198 g/mol. The molecule has 0 aliphatic rings. The average molecular weight is 205 g/mol. The van der Waals surface area contributed by atoms with Crippen molar-refractivity contribution in [3.8, 4) is 5.69 Å². The molecule has 2 rings (SSSR count). The molecule has 2 N–H and O–H groups in total. The summed E-state index contributed by atoms with van der Waals surface area (Å²) in [6, 6.07) is 6.05. The number of nitrogens with one attached hydrogen (secondary N) is 1. The van der Waals surface area contributed by atoms with Gasteiger partial charge in [0.2, 0.25) is 0 Å². The molecule has 0 aliphatic heterocycles. The maximum Gasteiger partial charge on any atom is 0.347 e. The number of nitrogens with zero attached hydrogens (tertiary/aromatic N) is 2. The first-order chi connectivity index (χ1) is 7.18. The van der Waals surface area contributed by atoms with E-state index in [1.807, 2.05) is 0 Å². The van der Waals surface area contributed by atoms with Gasteiger partial charge in [-0.05, 0) is 18.2 Å². The van der Waals surface area contributed by atoms with E-state index in [0.29, 0.717) is 5.69 Å². The van der Waals surface area contributed by atoms with Crippen molar-refractivity contribution in [2.75, 3.05) is 0 Å². The SMILES string of the molecule is O=C(O)c1cccc(-n2cn[nH]c2=O)c1. The van der Waals surface area contributed by atoms with E-state index in [4.69, 9.17) is 5.11 Å². The number of rotatable bonds is 2. The molecular formula is C9H7N3O3. The Hall–Kier alpha value is -2.37. The van der Waals surface area contributed by atoms with Crippen LogP contribution in [-0.2, 0) is 0 Å². The number of carbonyl (C=O) groups is 1. The third-order valence-corrected chi connectivity index (χ3v) is 1.92. The second-order valence-electron chi connectivity index (χ2n) is 2.89. The minimum atomic E-state index is -1.03. The van der Waals surface area contributed by atoms with Crippen LogP contribution < -0.4 is 5.69 Å². The molecule has 0 spiro atoms. The fraction of sp³-hybridized carbons (Fsp3) is 0. The first kappa shape index (κ1) is 9.20. The van der Waals surface area contributed by atoms with Gasteiger partial charge in [0.25, 0.3) is 0 Å². The number of hydrogen-bond donors (Lipinski definition) is 2. The van der Waals surface area contributed by atoms with Crippen LogP contribution in [0.15, 0.2) is 35.4 Å². The van der Waals surface area contributed by atoms with Gasteiger partial charge < -0.3 is 5.11 Å². The lowest BCUT2D eigenvalue weighted by atomic mass is 10.2.